The quantitative estimate of drug-likeness (QED) is 0.0261. The number of hydrogen-bond acceptors (Lipinski definition) is 6. The highest BCUT2D eigenvalue weighted by atomic mass is 16.6. The van der Waals surface area contributed by atoms with E-state index in [0.29, 0.717) is 19.3 Å². The zero-order valence-corrected chi connectivity index (χ0v) is 48.2. The van der Waals surface area contributed by atoms with Gasteiger partial charge in [-0.15, -0.1) is 0 Å². The van der Waals surface area contributed by atoms with E-state index >= 15 is 0 Å². The molecule has 72 heavy (non-hydrogen) atoms. The van der Waals surface area contributed by atoms with Crippen LogP contribution >= 0.6 is 0 Å². The summed E-state index contributed by atoms with van der Waals surface area (Å²) >= 11 is 0. The maximum absolute atomic E-state index is 12.9. The van der Waals surface area contributed by atoms with E-state index in [9.17, 15) is 14.4 Å². The molecule has 1 atom stereocenters. The Kier molecular flexibility index (Phi) is 58.7. The third-order valence-corrected chi connectivity index (χ3v) is 14.0. The van der Waals surface area contributed by atoms with Gasteiger partial charge in [0.15, 0.2) is 6.10 Å². The second-order valence-electron chi connectivity index (χ2n) is 21.3. The van der Waals surface area contributed by atoms with Gasteiger partial charge in [0, 0.05) is 19.3 Å². The Labute approximate surface area is 448 Å². The first-order chi connectivity index (χ1) is 35.5. The van der Waals surface area contributed by atoms with E-state index < -0.39 is 6.10 Å². The van der Waals surface area contributed by atoms with E-state index in [1.54, 1.807) is 0 Å². The molecule has 0 bridgehead atoms. The lowest BCUT2D eigenvalue weighted by molar-refractivity contribution is -0.167. The van der Waals surface area contributed by atoms with Crippen molar-refractivity contribution < 1.29 is 28.6 Å². The molecule has 0 saturated heterocycles. The van der Waals surface area contributed by atoms with Gasteiger partial charge >= 0.3 is 17.9 Å². The molecule has 0 aliphatic rings. The van der Waals surface area contributed by atoms with Crippen molar-refractivity contribution in [2.24, 2.45) is 0 Å². The highest BCUT2D eigenvalue weighted by molar-refractivity contribution is 5.71. The Balaban J connectivity index is 4.38. The fraction of sp³-hybridized carbons (Fsp3) is 0.833. The van der Waals surface area contributed by atoms with Crippen LogP contribution in [0.1, 0.15) is 335 Å². The van der Waals surface area contributed by atoms with Crippen LogP contribution in [0.4, 0.5) is 0 Å². The fourth-order valence-electron chi connectivity index (χ4n) is 9.23. The summed E-state index contributed by atoms with van der Waals surface area (Å²) < 4.78 is 16.9. The third-order valence-electron chi connectivity index (χ3n) is 14.0. The van der Waals surface area contributed by atoms with Gasteiger partial charge in [0.25, 0.3) is 0 Å². The van der Waals surface area contributed by atoms with Crippen molar-refractivity contribution in [3.05, 3.63) is 48.6 Å². The molecule has 0 radical (unpaired) electrons. The molecule has 0 amide bonds. The zero-order chi connectivity index (χ0) is 52.2. The van der Waals surface area contributed by atoms with Gasteiger partial charge in [-0.2, -0.15) is 0 Å². The SMILES string of the molecule is CCCCCC/C=C\C/C=C\CCCCCCCCCC(=O)OCC(COC(=O)CCCCCCCCC/C=C\CCCCCCCCC)OC(=O)CCCCCCCCC/C=C\CCCCCCCCC. The number of esters is 3. The summed E-state index contributed by atoms with van der Waals surface area (Å²) in [5.41, 5.74) is 0. The average molecular weight is 1010 g/mol. The third kappa shape index (κ3) is 58.3. The van der Waals surface area contributed by atoms with E-state index in [2.05, 4.69) is 69.4 Å². The molecule has 1 unspecified atom stereocenters. The van der Waals surface area contributed by atoms with Gasteiger partial charge in [0.2, 0.25) is 0 Å². The Morgan fingerprint density at radius 3 is 0.792 bits per heavy atom. The first-order valence-corrected chi connectivity index (χ1v) is 31.6. The van der Waals surface area contributed by atoms with Crippen LogP contribution in [0.5, 0.6) is 0 Å². The first kappa shape index (κ1) is 69.4. The maximum atomic E-state index is 12.9. The summed E-state index contributed by atoms with van der Waals surface area (Å²) in [6.45, 7) is 6.65. The molecule has 0 aromatic rings. The molecule has 6 nitrogen and oxygen atoms in total. The van der Waals surface area contributed by atoms with Crippen LogP contribution in [-0.4, -0.2) is 37.2 Å². The number of unbranched alkanes of at least 4 members (excludes halogenated alkanes) is 39. The van der Waals surface area contributed by atoms with Gasteiger partial charge < -0.3 is 14.2 Å². The summed E-state index contributed by atoms with van der Waals surface area (Å²) in [6, 6.07) is 0. The van der Waals surface area contributed by atoms with Crippen molar-refractivity contribution in [2.75, 3.05) is 13.2 Å². The Bertz CT molecular complexity index is 1250. The number of carbonyl (C=O) groups is 3. The molecule has 0 N–H and O–H groups in total. The van der Waals surface area contributed by atoms with E-state index in [4.69, 9.17) is 14.2 Å². The molecular formula is C66H120O6. The molecule has 420 valence electrons. The minimum atomic E-state index is -0.781. The number of ether oxygens (including phenoxy) is 3. The molecule has 0 rings (SSSR count). The lowest BCUT2D eigenvalue weighted by Gasteiger charge is -2.18. The lowest BCUT2D eigenvalue weighted by Crippen LogP contribution is -2.30. The predicted molar refractivity (Wildman–Crippen MR) is 312 cm³/mol. The van der Waals surface area contributed by atoms with Crippen LogP contribution in [0, 0.1) is 0 Å². The van der Waals surface area contributed by atoms with Crippen LogP contribution in [0.2, 0.25) is 0 Å². The largest absolute Gasteiger partial charge is 0.462 e. The van der Waals surface area contributed by atoms with Crippen LogP contribution in [0.25, 0.3) is 0 Å². The minimum absolute atomic E-state index is 0.0777. The second kappa shape index (κ2) is 60.9. The van der Waals surface area contributed by atoms with Crippen molar-refractivity contribution in [3.8, 4) is 0 Å². The molecule has 6 heteroatoms. The smallest absolute Gasteiger partial charge is 0.306 e. The second-order valence-corrected chi connectivity index (χ2v) is 21.3. The molecule has 0 saturated carbocycles. The highest BCUT2D eigenvalue weighted by Gasteiger charge is 2.19. The van der Waals surface area contributed by atoms with Crippen molar-refractivity contribution in [2.45, 2.75) is 341 Å². The van der Waals surface area contributed by atoms with Crippen molar-refractivity contribution in [1.82, 2.24) is 0 Å². The topological polar surface area (TPSA) is 78.9 Å². The normalized spacial score (nSPS) is 12.3. The molecule has 0 heterocycles. The number of carbonyl (C=O) groups excluding carboxylic acids is 3. The Morgan fingerprint density at radius 2 is 0.500 bits per heavy atom. The van der Waals surface area contributed by atoms with Crippen molar-refractivity contribution in [3.63, 3.8) is 0 Å². The summed E-state index contributed by atoms with van der Waals surface area (Å²) in [7, 11) is 0. The Morgan fingerprint density at radius 1 is 0.278 bits per heavy atom. The van der Waals surface area contributed by atoms with Gasteiger partial charge in [0.05, 0.1) is 0 Å². The highest BCUT2D eigenvalue weighted by Crippen LogP contribution is 2.16. The van der Waals surface area contributed by atoms with Crippen LogP contribution in [0.3, 0.4) is 0 Å². The van der Waals surface area contributed by atoms with Gasteiger partial charge in [-0.3, -0.25) is 14.4 Å². The van der Waals surface area contributed by atoms with Crippen LogP contribution in [-0.2, 0) is 28.6 Å². The van der Waals surface area contributed by atoms with E-state index in [-0.39, 0.29) is 31.1 Å². The molecular weight excluding hydrogens is 889 g/mol. The van der Waals surface area contributed by atoms with Gasteiger partial charge in [-0.05, 0) is 103 Å². The number of allylic oxidation sites excluding steroid dienone is 8. The lowest BCUT2D eigenvalue weighted by atomic mass is 10.1. The minimum Gasteiger partial charge on any atom is -0.462 e. The summed E-state index contributed by atoms with van der Waals surface area (Å²) in [4.78, 5) is 38.3. The van der Waals surface area contributed by atoms with E-state index in [1.165, 1.54) is 225 Å². The predicted octanol–water partition coefficient (Wildman–Crippen LogP) is 21.4. The monoisotopic (exact) mass is 1010 g/mol. The summed E-state index contributed by atoms with van der Waals surface area (Å²) in [6.07, 6.45) is 75.3. The number of rotatable bonds is 58. The fourth-order valence-corrected chi connectivity index (χ4v) is 9.23. The molecule has 0 aromatic heterocycles. The van der Waals surface area contributed by atoms with Crippen LogP contribution < -0.4 is 0 Å². The molecule has 0 aliphatic heterocycles. The Hall–Kier alpha value is -2.63. The van der Waals surface area contributed by atoms with Gasteiger partial charge in [-0.1, -0.05) is 262 Å². The average Bonchev–Trinajstić information content (AvgIpc) is 3.38. The van der Waals surface area contributed by atoms with Gasteiger partial charge in [0.1, 0.15) is 13.2 Å². The van der Waals surface area contributed by atoms with Crippen molar-refractivity contribution >= 4 is 17.9 Å². The zero-order valence-electron chi connectivity index (χ0n) is 48.2. The van der Waals surface area contributed by atoms with Crippen LogP contribution in [0.15, 0.2) is 48.6 Å². The summed E-state index contributed by atoms with van der Waals surface area (Å²) in [5.74, 6) is -0.875. The molecule has 0 fully saturated rings. The maximum Gasteiger partial charge on any atom is 0.306 e. The molecule has 0 aliphatic carbocycles. The van der Waals surface area contributed by atoms with Crippen molar-refractivity contribution in [1.29, 1.82) is 0 Å². The van der Waals surface area contributed by atoms with E-state index in [1.807, 2.05) is 0 Å². The number of hydrogen-bond donors (Lipinski definition) is 0. The molecule has 0 aromatic carbocycles. The molecule has 0 spiro atoms. The van der Waals surface area contributed by atoms with E-state index in [0.717, 1.165) is 70.6 Å². The summed E-state index contributed by atoms with van der Waals surface area (Å²) in [5, 5.41) is 0. The first-order valence-electron chi connectivity index (χ1n) is 31.6. The standard InChI is InChI=1S/C66H120O6/c1-4-7-10-13-16-19-22-25-28-31-34-37-40-43-46-49-52-55-58-64(67)70-61-63(72-66(69)60-57-54-51-48-45-42-39-36-33-30-27-24-21-18-15-12-9-6-3)62-71-65(68)59-56-53-50-47-44-41-38-35-32-29-26-23-20-17-14-11-8-5-2/h19,22,28-33,63H,4-18,20-21,23-27,34-62H2,1-3H3/b22-19-,31-28-,32-29-,33-30-. The van der Waals surface area contributed by atoms with Gasteiger partial charge in [-0.25, -0.2) is 0 Å².